The second kappa shape index (κ2) is 4.76. The van der Waals surface area contributed by atoms with Gasteiger partial charge in [0, 0.05) is 16.9 Å². The van der Waals surface area contributed by atoms with Crippen LogP contribution in [0.5, 0.6) is 5.75 Å². The van der Waals surface area contributed by atoms with Gasteiger partial charge in [-0.15, -0.1) is 0 Å². The van der Waals surface area contributed by atoms with Gasteiger partial charge < -0.3 is 9.15 Å². The third-order valence-electron chi connectivity index (χ3n) is 2.61. The molecule has 2 aromatic rings. The largest absolute Gasteiger partial charge is 0.457 e. The molecule has 18 heavy (non-hydrogen) atoms. The molecule has 2 rings (SSSR count). The first-order valence-corrected chi connectivity index (χ1v) is 5.49. The van der Waals surface area contributed by atoms with Crippen LogP contribution in [0.1, 0.15) is 35.9 Å². The molecule has 1 aromatic heterocycles. The topological polar surface area (TPSA) is 39.4 Å². The van der Waals surface area contributed by atoms with Crippen molar-refractivity contribution in [3.8, 4) is 5.75 Å². The molecular weight excluding hydrogens is 242 g/mol. The minimum Gasteiger partial charge on any atom is -0.457 e. The third-order valence-corrected chi connectivity index (χ3v) is 2.61. The number of carbonyl (C=O) groups excluding carboxylic acids is 1. The molecule has 0 aliphatic carbocycles. The van der Waals surface area contributed by atoms with Gasteiger partial charge in [0.15, 0.2) is 17.6 Å². The summed E-state index contributed by atoms with van der Waals surface area (Å²) in [5.41, 5.74) is 0.575. The number of fused-ring (bicyclic) bond motifs is 1. The molecule has 0 bridgehead atoms. The number of aldehydes is 1. The molecule has 3 nitrogen and oxygen atoms in total. The summed E-state index contributed by atoms with van der Waals surface area (Å²) in [7, 11) is 0. The van der Waals surface area contributed by atoms with E-state index in [9.17, 15) is 13.6 Å². The summed E-state index contributed by atoms with van der Waals surface area (Å²) >= 11 is 0. The van der Waals surface area contributed by atoms with Crippen molar-refractivity contribution in [3.05, 3.63) is 29.5 Å². The molecule has 0 unspecified atom stereocenters. The van der Waals surface area contributed by atoms with Crippen molar-refractivity contribution in [2.75, 3.05) is 0 Å². The van der Waals surface area contributed by atoms with Crippen molar-refractivity contribution in [1.29, 1.82) is 0 Å². The fraction of sp³-hybridized carbons (Fsp3) is 0.308. The Bertz CT molecular complexity index is 573. The van der Waals surface area contributed by atoms with E-state index >= 15 is 0 Å². The van der Waals surface area contributed by atoms with E-state index in [2.05, 4.69) is 4.74 Å². The normalized spacial score (nSPS) is 11.4. The summed E-state index contributed by atoms with van der Waals surface area (Å²) in [6.45, 7) is 0.889. The summed E-state index contributed by atoms with van der Waals surface area (Å²) in [6, 6.07) is 4.43. The van der Waals surface area contributed by atoms with Crippen LogP contribution in [0.3, 0.4) is 0 Å². The lowest BCUT2D eigenvalue weighted by molar-refractivity contribution is -0.0494. The zero-order valence-electron chi connectivity index (χ0n) is 9.94. The fourth-order valence-electron chi connectivity index (χ4n) is 1.71. The molecule has 0 saturated carbocycles. The number of alkyl halides is 2. The van der Waals surface area contributed by atoms with Crippen LogP contribution >= 0.6 is 0 Å². The smallest absolute Gasteiger partial charge is 0.387 e. The molecule has 1 heterocycles. The van der Waals surface area contributed by atoms with Gasteiger partial charge in [-0.05, 0) is 18.2 Å². The molecule has 0 N–H and O–H groups in total. The van der Waals surface area contributed by atoms with Crippen molar-refractivity contribution >= 4 is 17.3 Å². The van der Waals surface area contributed by atoms with E-state index in [1.165, 1.54) is 12.1 Å². The number of rotatable bonds is 4. The second-order valence-electron chi connectivity index (χ2n) is 4.20. The number of furan rings is 1. The Morgan fingerprint density at radius 2 is 2.06 bits per heavy atom. The van der Waals surface area contributed by atoms with Crippen LogP contribution in [0, 0.1) is 0 Å². The van der Waals surface area contributed by atoms with Crippen molar-refractivity contribution in [2.24, 2.45) is 0 Å². The number of ether oxygens (including phenoxy) is 1. The molecule has 0 radical (unpaired) electrons. The maximum atomic E-state index is 12.3. The number of hydrogen-bond acceptors (Lipinski definition) is 3. The average molecular weight is 254 g/mol. The van der Waals surface area contributed by atoms with E-state index in [1.54, 1.807) is 6.07 Å². The maximum absolute atomic E-state index is 12.3. The third kappa shape index (κ3) is 2.20. The van der Waals surface area contributed by atoms with Gasteiger partial charge in [-0.2, -0.15) is 8.78 Å². The Balaban J connectivity index is 2.63. The number of hydrogen-bond donors (Lipinski definition) is 0. The van der Waals surface area contributed by atoms with Crippen molar-refractivity contribution in [1.82, 2.24) is 0 Å². The lowest BCUT2D eigenvalue weighted by Crippen LogP contribution is -2.02. The predicted octanol–water partition coefficient (Wildman–Crippen LogP) is 3.97. The van der Waals surface area contributed by atoms with Crippen LogP contribution in [0.25, 0.3) is 11.0 Å². The molecule has 0 amide bonds. The van der Waals surface area contributed by atoms with Crippen LogP contribution in [-0.2, 0) is 0 Å². The Morgan fingerprint density at radius 1 is 1.33 bits per heavy atom. The van der Waals surface area contributed by atoms with Gasteiger partial charge >= 0.3 is 6.61 Å². The number of benzene rings is 1. The van der Waals surface area contributed by atoms with E-state index in [4.69, 9.17) is 4.42 Å². The van der Waals surface area contributed by atoms with Gasteiger partial charge in [-0.1, -0.05) is 13.8 Å². The standard InChI is InChI=1S/C13H12F2O3/c1-7(2)11-5-9-8(6-16)3-4-10(12(9)17-11)18-13(14)15/h3-7,13H,1-2H3. The fourth-order valence-corrected chi connectivity index (χ4v) is 1.71. The molecular formula is C13H12F2O3. The molecule has 0 aliphatic heterocycles. The van der Waals surface area contributed by atoms with Crippen LogP contribution in [0.4, 0.5) is 8.78 Å². The molecule has 0 aliphatic rings. The minimum atomic E-state index is -2.93. The minimum absolute atomic E-state index is 0.0579. The van der Waals surface area contributed by atoms with E-state index in [0.717, 1.165) is 0 Å². The first kappa shape index (κ1) is 12.5. The SMILES string of the molecule is CC(C)c1cc2c(C=O)ccc(OC(F)F)c2o1. The van der Waals surface area contributed by atoms with Gasteiger partial charge in [0.05, 0.1) is 0 Å². The Kier molecular flexibility index (Phi) is 3.32. The Morgan fingerprint density at radius 3 is 2.61 bits per heavy atom. The number of carbonyl (C=O) groups is 1. The van der Waals surface area contributed by atoms with Crippen LogP contribution in [-0.4, -0.2) is 12.9 Å². The van der Waals surface area contributed by atoms with Gasteiger partial charge in [0.2, 0.25) is 0 Å². The highest BCUT2D eigenvalue weighted by atomic mass is 19.3. The first-order valence-electron chi connectivity index (χ1n) is 5.49. The summed E-state index contributed by atoms with van der Waals surface area (Å²) < 4.78 is 34.4. The van der Waals surface area contributed by atoms with Gasteiger partial charge in [-0.3, -0.25) is 4.79 Å². The zero-order chi connectivity index (χ0) is 13.3. The van der Waals surface area contributed by atoms with Gasteiger partial charge in [-0.25, -0.2) is 0 Å². The first-order chi connectivity index (χ1) is 8.52. The second-order valence-corrected chi connectivity index (χ2v) is 4.20. The predicted molar refractivity (Wildman–Crippen MR) is 62.3 cm³/mol. The van der Waals surface area contributed by atoms with Crippen molar-refractivity contribution in [2.45, 2.75) is 26.4 Å². The van der Waals surface area contributed by atoms with E-state index in [1.807, 2.05) is 13.8 Å². The molecule has 0 saturated heterocycles. The van der Waals surface area contributed by atoms with Crippen LogP contribution in [0.15, 0.2) is 22.6 Å². The Labute approximate surface area is 102 Å². The molecule has 0 atom stereocenters. The molecule has 0 fully saturated rings. The summed E-state index contributed by atoms with van der Waals surface area (Å²) in [5, 5.41) is 0.492. The lowest BCUT2D eigenvalue weighted by atomic mass is 10.1. The van der Waals surface area contributed by atoms with Gasteiger partial charge in [0.25, 0.3) is 0 Å². The highest BCUT2D eigenvalue weighted by Gasteiger charge is 2.17. The summed E-state index contributed by atoms with van der Waals surface area (Å²) in [4.78, 5) is 10.9. The highest BCUT2D eigenvalue weighted by Crippen LogP contribution is 2.34. The summed E-state index contributed by atoms with van der Waals surface area (Å²) in [6.07, 6.45) is 0.661. The quantitative estimate of drug-likeness (QED) is 0.775. The molecule has 0 spiro atoms. The summed E-state index contributed by atoms with van der Waals surface area (Å²) in [5.74, 6) is 0.659. The maximum Gasteiger partial charge on any atom is 0.387 e. The molecule has 1 aromatic carbocycles. The van der Waals surface area contributed by atoms with Crippen molar-refractivity contribution < 1.29 is 22.7 Å². The van der Waals surface area contributed by atoms with Crippen molar-refractivity contribution in [3.63, 3.8) is 0 Å². The lowest BCUT2D eigenvalue weighted by Gasteiger charge is -2.05. The van der Waals surface area contributed by atoms with Crippen LogP contribution in [0.2, 0.25) is 0 Å². The zero-order valence-corrected chi connectivity index (χ0v) is 9.94. The van der Waals surface area contributed by atoms with Crippen LogP contribution < -0.4 is 4.74 Å². The average Bonchev–Trinajstić information content (AvgIpc) is 2.74. The monoisotopic (exact) mass is 254 g/mol. The van der Waals surface area contributed by atoms with Gasteiger partial charge in [0.1, 0.15) is 5.76 Å². The van der Waals surface area contributed by atoms with E-state index in [-0.39, 0.29) is 17.3 Å². The Hall–Kier alpha value is -1.91. The molecule has 96 valence electrons. The molecule has 5 heteroatoms. The van der Waals surface area contributed by atoms with E-state index < -0.39 is 6.61 Å². The highest BCUT2D eigenvalue weighted by molar-refractivity contribution is 5.98. The van der Waals surface area contributed by atoms with E-state index in [0.29, 0.717) is 23.0 Å². The number of halogens is 2.